The zero-order valence-electron chi connectivity index (χ0n) is 18.6. The molecular weight excluding hydrogens is 481 g/mol. The second-order valence-electron chi connectivity index (χ2n) is 9.15. The average molecular weight is 504 g/mol. The van der Waals surface area contributed by atoms with Gasteiger partial charge in [0.25, 0.3) is 5.91 Å². The number of rotatable bonds is 3. The van der Waals surface area contributed by atoms with Crippen molar-refractivity contribution in [2.75, 3.05) is 11.1 Å². The molecule has 0 radical (unpaired) electrons. The minimum atomic E-state index is -3.64. The molecule has 3 aromatic rings. The topological polar surface area (TPSA) is 119 Å². The molecule has 2 aliphatic rings. The van der Waals surface area contributed by atoms with Crippen molar-refractivity contribution in [1.29, 1.82) is 0 Å². The van der Waals surface area contributed by atoms with Gasteiger partial charge in [0.05, 0.1) is 16.5 Å². The zero-order chi connectivity index (χ0) is 24.5. The lowest BCUT2D eigenvalue weighted by Gasteiger charge is -2.46. The molecule has 0 saturated heterocycles. The second kappa shape index (κ2) is 7.51. The van der Waals surface area contributed by atoms with Gasteiger partial charge in [-0.25, -0.2) is 17.8 Å². The summed E-state index contributed by atoms with van der Waals surface area (Å²) in [4.78, 5) is 21.8. The number of hydrogen-bond donors (Lipinski definition) is 2. The minimum Gasteiger partial charge on any atom is -0.386 e. The average Bonchev–Trinajstić information content (AvgIpc) is 3.03. The van der Waals surface area contributed by atoms with Gasteiger partial charge in [0.15, 0.2) is 9.84 Å². The summed E-state index contributed by atoms with van der Waals surface area (Å²) in [6.07, 6.45) is 3.29. The van der Waals surface area contributed by atoms with Crippen LogP contribution in [0.15, 0.2) is 41.5 Å². The number of sulfone groups is 1. The lowest BCUT2D eigenvalue weighted by atomic mass is 9.82. The number of nitrogens with two attached hydrogens (primary N) is 1. The van der Waals surface area contributed by atoms with Crippen LogP contribution in [0.1, 0.15) is 47.9 Å². The Labute approximate surface area is 201 Å². The highest BCUT2D eigenvalue weighted by molar-refractivity contribution is 7.93. The SMILES string of the molecule is Cc1c(C(=O)Nc2ccc(F)c([C@]3(C)CS(=O)(=O)C4(CCC4)C(N)=N3)c2)nc2ccc(Cl)cn12. The largest absolute Gasteiger partial charge is 0.386 e. The number of hydrogen-bond acceptors (Lipinski definition) is 6. The molecule has 3 N–H and O–H groups in total. The first-order chi connectivity index (χ1) is 16.0. The number of carbonyl (C=O) groups excluding carboxylic acids is 1. The molecule has 1 spiro atoms. The van der Waals surface area contributed by atoms with Crippen LogP contribution in [0, 0.1) is 12.7 Å². The Bertz CT molecular complexity index is 1500. The van der Waals surface area contributed by atoms with Crippen LogP contribution in [0.4, 0.5) is 10.1 Å². The smallest absolute Gasteiger partial charge is 0.276 e. The van der Waals surface area contributed by atoms with Crippen molar-refractivity contribution in [1.82, 2.24) is 9.38 Å². The molecule has 1 fully saturated rings. The fourth-order valence-electron chi connectivity index (χ4n) is 4.83. The Morgan fingerprint density at radius 2 is 2.00 bits per heavy atom. The quantitative estimate of drug-likeness (QED) is 0.566. The highest BCUT2D eigenvalue weighted by Crippen LogP contribution is 2.47. The first kappa shape index (κ1) is 22.8. The van der Waals surface area contributed by atoms with Gasteiger partial charge in [-0.2, -0.15) is 0 Å². The highest BCUT2D eigenvalue weighted by atomic mass is 35.5. The van der Waals surface area contributed by atoms with Gasteiger partial charge in [-0.05, 0) is 63.4 Å². The van der Waals surface area contributed by atoms with Crippen molar-refractivity contribution in [3.63, 3.8) is 0 Å². The molecule has 2 aromatic heterocycles. The third-order valence-electron chi connectivity index (χ3n) is 6.90. The van der Waals surface area contributed by atoms with Crippen LogP contribution < -0.4 is 11.1 Å². The van der Waals surface area contributed by atoms with E-state index in [0.717, 1.165) is 6.42 Å². The molecule has 1 aromatic carbocycles. The first-order valence-electron chi connectivity index (χ1n) is 10.8. The molecule has 1 amide bonds. The number of anilines is 1. The minimum absolute atomic E-state index is 0.0281. The normalized spacial score (nSPS) is 22.9. The molecular formula is C23H23ClFN5O3S. The van der Waals surface area contributed by atoms with E-state index in [9.17, 15) is 17.6 Å². The van der Waals surface area contributed by atoms with E-state index in [-0.39, 0.29) is 28.5 Å². The lowest BCUT2D eigenvalue weighted by Crippen LogP contribution is -2.61. The Balaban J connectivity index is 1.49. The molecule has 1 saturated carbocycles. The molecule has 0 unspecified atom stereocenters. The molecule has 11 heteroatoms. The number of aromatic nitrogens is 2. The fourth-order valence-corrected chi connectivity index (χ4v) is 7.50. The summed E-state index contributed by atoms with van der Waals surface area (Å²) in [7, 11) is -3.64. The van der Waals surface area contributed by atoms with Crippen LogP contribution in [0.3, 0.4) is 0 Å². The van der Waals surface area contributed by atoms with E-state index < -0.39 is 31.8 Å². The summed E-state index contributed by atoms with van der Waals surface area (Å²) in [6, 6.07) is 7.36. The van der Waals surface area contributed by atoms with Crippen LogP contribution in [-0.2, 0) is 15.4 Å². The van der Waals surface area contributed by atoms with E-state index in [4.69, 9.17) is 17.3 Å². The molecule has 34 heavy (non-hydrogen) atoms. The van der Waals surface area contributed by atoms with Gasteiger partial charge in [0.1, 0.15) is 33.3 Å². The number of benzene rings is 1. The summed E-state index contributed by atoms with van der Waals surface area (Å²) < 4.78 is 41.7. The van der Waals surface area contributed by atoms with Gasteiger partial charge in [-0.15, -0.1) is 0 Å². The summed E-state index contributed by atoms with van der Waals surface area (Å²) in [5.41, 5.74) is 6.38. The molecule has 5 rings (SSSR count). The van der Waals surface area contributed by atoms with E-state index in [2.05, 4.69) is 15.3 Å². The van der Waals surface area contributed by atoms with Crippen LogP contribution in [0.5, 0.6) is 0 Å². The molecule has 1 aliphatic heterocycles. The van der Waals surface area contributed by atoms with Crippen molar-refractivity contribution in [2.24, 2.45) is 10.7 Å². The van der Waals surface area contributed by atoms with E-state index in [1.165, 1.54) is 18.2 Å². The number of amides is 1. The van der Waals surface area contributed by atoms with Crippen molar-refractivity contribution in [3.8, 4) is 0 Å². The van der Waals surface area contributed by atoms with Crippen molar-refractivity contribution >= 4 is 44.5 Å². The number of carbonyl (C=O) groups is 1. The number of halogens is 2. The fraction of sp³-hybridized carbons (Fsp3) is 0.348. The Morgan fingerprint density at radius 3 is 2.65 bits per heavy atom. The Morgan fingerprint density at radius 1 is 1.26 bits per heavy atom. The van der Waals surface area contributed by atoms with Crippen LogP contribution in [0.2, 0.25) is 5.02 Å². The molecule has 8 nitrogen and oxygen atoms in total. The zero-order valence-corrected chi connectivity index (χ0v) is 20.2. The number of nitrogens with one attached hydrogen (secondary N) is 1. The Hall–Kier alpha value is -2.98. The summed E-state index contributed by atoms with van der Waals surface area (Å²) in [5.74, 6) is -1.45. The van der Waals surface area contributed by atoms with Crippen molar-refractivity contribution < 1.29 is 17.6 Å². The standard InChI is InChI=1S/C23H23ClFN5O3S/c1-13-19(28-18-7-4-14(24)11-30(13)18)20(31)27-15-5-6-17(25)16(10-15)22(2)12-34(32,33)23(8-3-9-23)21(26)29-22/h4-7,10-11H,3,8-9,12H2,1-2H3,(H2,26,29)(H,27,31)/t22-/m0/s1. The lowest BCUT2D eigenvalue weighted by molar-refractivity contribution is 0.102. The predicted octanol–water partition coefficient (Wildman–Crippen LogP) is 3.61. The molecule has 1 atom stereocenters. The van der Waals surface area contributed by atoms with Crippen LogP contribution in [-0.4, -0.2) is 40.0 Å². The summed E-state index contributed by atoms with van der Waals surface area (Å²) in [6.45, 7) is 3.28. The van der Waals surface area contributed by atoms with Gasteiger partial charge in [-0.1, -0.05) is 11.6 Å². The number of aliphatic imine (C=N–C) groups is 1. The summed E-state index contributed by atoms with van der Waals surface area (Å²) in [5, 5.41) is 3.23. The third kappa shape index (κ3) is 3.31. The first-order valence-corrected chi connectivity index (χ1v) is 12.8. The number of pyridine rings is 1. The number of aryl methyl sites for hydroxylation is 1. The van der Waals surface area contributed by atoms with Crippen molar-refractivity contribution in [2.45, 2.75) is 43.4 Å². The second-order valence-corrected chi connectivity index (χ2v) is 11.9. The van der Waals surface area contributed by atoms with Gasteiger partial charge in [0.2, 0.25) is 0 Å². The number of fused-ring (bicyclic) bond motifs is 1. The summed E-state index contributed by atoms with van der Waals surface area (Å²) >= 11 is 6.04. The third-order valence-corrected chi connectivity index (χ3v) is 9.88. The number of imidazole rings is 1. The van der Waals surface area contributed by atoms with E-state index in [0.29, 0.717) is 29.2 Å². The maximum atomic E-state index is 14.9. The van der Waals surface area contributed by atoms with Crippen LogP contribution >= 0.6 is 11.6 Å². The molecule has 0 bridgehead atoms. The monoisotopic (exact) mass is 503 g/mol. The van der Waals surface area contributed by atoms with E-state index in [1.807, 2.05) is 0 Å². The highest BCUT2D eigenvalue weighted by Gasteiger charge is 2.58. The van der Waals surface area contributed by atoms with Crippen molar-refractivity contribution in [3.05, 3.63) is 64.3 Å². The van der Waals surface area contributed by atoms with Gasteiger partial charge < -0.3 is 15.5 Å². The van der Waals surface area contributed by atoms with Gasteiger partial charge >= 0.3 is 0 Å². The Kier molecular flexibility index (Phi) is 5.04. The van der Waals surface area contributed by atoms with E-state index in [1.54, 1.807) is 36.6 Å². The maximum absolute atomic E-state index is 14.9. The van der Waals surface area contributed by atoms with Crippen LogP contribution in [0.25, 0.3) is 5.65 Å². The molecule has 1 aliphatic carbocycles. The predicted molar refractivity (Wildman–Crippen MR) is 129 cm³/mol. The number of nitrogens with zero attached hydrogens (tertiary/aromatic N) is 3. The molecule has 178 valence electrons. The van der Waals surface area contributed by atoms with E-state index >= 15 is 0 Å². The van der Waals surface area contributed by atoms with Gasteiger partial charge in [0, 0.05) is 17.4 Å². The maximum Gasteiger partial charge on any atom is 0.276 e. The molecule has 3 heterocycles. The van der Waals surface area contributed by atoms with Gasteiger partial charge in [-0.3, -0.25) is 9.79 Å². The number of amidine groups is 1.